The molecule has 2 rings (SSSR count). The van der Waals surface area contributed by atoms with Gasteiger partial charge in [-0.15, -0.1) is 12.4 Å². The van der Waals surface area contributed by atoms with E-state index in [2.05, 4.69) is 10.1 Å². The maximum absolute atomic E-state index is 12.7. The van der Waals surface area contributed by atoms with Crippen molar-refractivity contribution in [2.75, 3.05) is 26.7 Å². The van der Waals surface area contributed by atoms with Crippen molar-refractivity contribution < 1.29 is 17.9 Å². The molecule has 1 aliphatic heterocycles. The molecule has 0 bridgehead atoms. The molecule has 0 unspecified atom stereocenters. The standard InChI is InChI=1S/C13H18N2O4S.ClH/c1-10-9-14-7-8-15(10)20(17,18)12-6-4-3-5-11(12)13(16)19-2;/h3-6,10,14H,7-9H2,1-2H3;1H/t10-;/m1./s1. The number of methoxy groups -OCH3 is 1. The van der Waals surface area contributed by atoms with E-state index < -0.39 is 16.0 Å². The quantitative estimate of drug-likeness (QED) is 0.830. The Bertz CT molecular complexity index is 606. The summed E-state index contributed by atoms with van der Waals surface area (Å²) in [5.74, 6) is -0.646. The van der Waals surface area contributed by atoms with Gasteiger partial charge in [0.1, 0.15) is 0 Å². The molecule has 1 heterocycles. The maximum Gasteiger partial charge on any atom is 0.339 e. The van der Waals surface area contributed by atoms with E-state index in [9.17, 15) is 13.2 Å². The molecule has 1 aliphatic rings. The Balaban J connectivity index is 0.00000220. The number of halogens is 1. The summed E-state index contributed by atoms with van der Waals surface area (Å²) in [6.07, 6.45) is 0. The number of benzene rings is 1. The first-order valence-electron chi connectivity index (χ1n) is 6.38. The summed E-state index contributed by atoms with van der Waals surface area (Å²) in [4.78, 5) is 11.7. The van der Waals surface area contributed by atoms with Crippen LogP contribution in [0.15, 0.2) is 29.2 Å². The van der Waals surface area contributed by atoms with E-state index in [4.69, 9.17) is 0 Å². The van der Waals surface area contributed by atoms with Crippen molar-refractivity contribution in [2.45, 2.75) is 17.9 Å². The predicted octanol–water partition coefficient (Wildman–Crippen LogP) is 0.877. The lowest BCUT2D eigenvalue weighted by Crippen LogP contribution is -2.52. The SMILES string of the molecule is COC(=O)c1ccccc1S(=O)(=O)N1CCNC[C@H]1C.Cl. The molecule has 0 aromatic heterocycles. The van der Waals surface area contributed by atoms with Crippen LogP contribution < -0.4 is 5.32 Å². The molecule has 1 atom stereocenters. The summed E-state index contributed by atoms with van der Waals surface area (Å²) in [6.45, 7) is 3.42. The van der Waals surface area contributed by atoms with E-state index in [0.717, 1.165) is 0 Å². The summed E-state index contributed by atoms with van der Waals surface area (Å²) in [5.41, 5.74) is 0.0701. The van der Waals surface area contributed by atoms with Crippen molar-refractivity contribution in [1.29, 1.82) is 0 Å². The molecule has 0 radical (unpaired) electrons. The van der Waals surface area contributed by atoms with Gasteiger partial charge in [0.25, 0.3) is 0 Å². The minimum atomic E-state index is -3.70. The Hall–Kier alpha value is -1.15. The topological polar surface area (TPSA) is 75.7 Å². The van der Waals surface area contributed by atoms with Gasteiger partial charge in [0.2, 0.25) is 10.0 Å². The molecule has 1 aromatic rings. The van der Waals surface area contributed by atoms with Crippen molar-refractivity contribution >= 4 is 28.4 Å². The molecule has 1 N–H and O–H groups in total. The number of sulfonamides is 1. The van der Waals surface area contributed by atoms with Crippen LogP contribution in [-0.2, 0) is 14.8 Å². The third kappa shape index (κ3) is 3.55. The highest BCUT2D eigenvalue weighted by molar-refractivity contribution is 7.89. The van der Waals surface area contributed by atoms with Gasteiger partial charge in [-0.2, -0.15) is 4.31 Å². The molecule has 1 aromatic carbocycles. The molecule has 8 heteroatoms. The Morgan fingerprint density at radius 1 is 1.38 bits per heavy atom. The van der Waals surface area contributed by atoms with Crippen molar-refractivity contribution in [2.24, 2.45) is 0 Å². The van der Waals surface area contributed by atoms with Gasteiger partial charge in [-0.1, -0.05) is 12.1 Å². The first-order chi connectivity index (χ1) is 9.48. The average molecular weight is 335 g/mol. The summed E-state index contributed by atoms with van der Waals surface area (Å²) in [5, 5.41) is 3.14. The summed E-state index contributed by atoms with van der Waals surface area (Å²) >= 11 is 0. The van der Waals surface area contributed by atoms with Gasteiger partial charge < -0.3 is 10.1 Å². The number of hydrogen-bond acceptors (Lipinski definition) is 5. The molecule has 6 nitrogen and oxygen atoms in total. The van der Waals surface area contributed by atoms with E-state index in [1.807, 2.05) is 6.92 Å². The molecule has 0 spiro atoms. The first-order valence-corrected chi connectivity index (χ1v) is 7.82. The molecule has 118 valence electrons. The summed E-state index contributed by atoms with van der Waals surface area (Å²) in [7, 11) is -2.47. The zero-order valence-electron chi connectivity index (χ0n) is 11.9. The van der Waals surface area contributed by atoms with Gasteiger partial charge in [-0.25, -0.2) is 13.2 Å². The Labute approximate surface area is 130 Å². The predicted molar refractivity (Wildman–Crippen MR) is 81.3 cm³/mol. The van der Waals surface area contributed by atoms with Crippen LogP contribution in [-0.4, -0.2) is 51.5 Å². The zero-order valence-corrected chi connectivity index (χ0v) is 13.5. The minimum absolute atomic E-state index is 0. The third-order valence-corrected chi connectivity index (χ3v) is 5.39. The number of nitrogens with zero attached hydrogens (tertiary/aromatic N) is 1. The molecule has 0 saturated carbocycles. The van der Waals surface area contributed by atoms with Crippen LogP contribution in [0, 0.1) is 0 Å². The van der Waals surface area contributed by atoms with Gasteiger partial charge in [0.05, 0.1) is 17.6 Å². The molecule has 0 aliphatic carbocycles. The highest BCUT2D eigenvalue weighted by atomic mass is 35.5. The van der Waals surface area contributed by atoms with Crippen LogP contribution >= 0.6 is 12.4 Å². The van der Waals surface area contributed by atoms with E-state index in [1.54, 1.807) is 12.1 Å². The zero-order chi connectivity index (χ0) is 14.8. The Morgan fingerprint density at radius 2 is 2.05 bits per heavy atom. The lowest BCUT2D eigenvalue weighted by Gasteiger charge is -2.33. The summed E-state index contributed by atoms with van der Waals surface area (Å²) < 4.78 is 31.5. The molecule has 21 heavy (non-hydrogen) atoms. The second-order valence-electron chi connectivity index (χ2n) is 4.66. The highest BCUT2D eigenvalue weighted by Crippen LogP contribution is 2.23. The summed E-state index contributed by atoms with van der Waals surface area (Å²) in [6, 6.07) is 5.97. The number of nitrogens with one attached hydrogen (secondary N) is 1. The fourth-order valence-corrected chi connectivity index (χ4v) is 4.09. The number of hydrogen-bond donors (Lipinski definition) is 1. The van der Waals surface area contributed by atoms with Crippen LogP contribution in [0.3, 0.4) is 0 Å². The van der Waals surface area contributed by atoms with Gasteiger partial charge in [0, 0.05) is 25.7 Å². The number of carbonyl (C=O) groups excluding carboxylic acids is 1. The van der Waals surface area contributed by atoms with Crippen LogP contribution in [0.2, 0.25) is 0 Å². The first kappa shape index (κ1) is 17.9. The molecule has 0 amide bonds. The number of carbonyl (C=O) groups is 1. The molecule has 1 fully saturated rings. The largest absolute Gasteiger partial charge is 0.465 e. The fraction of sp³-hybridized carbons (Fsp3) is 0.462. The lowest BCUT2D eigenvalue weighted by atomic mass is 10.2. The monoisotopic (exact) mass is 334 g/mol. The molecular weight excluding hydrogens is 316 g/mol. The molecular formula is C13H19ClN2O4S. The minimum Gasteiger partial charge on any atom is -0.465 e. The second kappa shape index (κ2) is 7.22. The van der Waals surface area contributed by atoms with Gasteiger partial charge in [0.15, 0.2) is 0 Å². The molecule has 1 saturated heterocycles. The normalized spacial score (nSPS) is 19.6. The van der Waals surface area contributed by atoms with E-state index in [1.165, 1.54) is 23.5 Å². The van der Waals surface area contributed by atoms with Crippen LogP contribution in [0.25, 0.3) is 0 Å². The average Bonchev–Trinajstić information content (AvgIpc) is 2.46. The van der Waals surface area contributed by atoms with E-state index in [0.29, 0.717) is 19.6 Å². The number of rotatable bonds is 3. The van der Waals surface area contributed by atoms with Crippen molar-refractivity contribution in [1.82, 2.24) is 9.62 Å². The smallest absolute Gasteiger partial charge is 0.339 e. The van der Waals surface area contributed by atoms with Crippen molar-refractivity contribution in [3.8, 4) is 0 Å². The Morgan fingerprint density at radius 3 is 2.67 bits per heavy atom. The second-order valence-corrected chi connectivity index (χ2v) is 6.52. The number of piperazine rings is 1. The number of esters is 1. The van der Waals surface area contributed by atoms with Crippen LogP contribution in [0.4, 0.5) is 0 Å². The van der Waals surface area contributed by atoms with Crippen LogP contribution in [0.1, 0.15) is 17.3 Å². The van der Waals surface area contributed by atoms with Gasteiger partial charge >= 0.3 is 5.97 Å². The highest BCUT2D eigenvalue weighted by Gasteiger charge is 2.33. The van der Waals surface area contributed by atoms with E-state index >= 15 is 0 Å². The van der Waals surface area contributed by atoms with Crippen molar-refractivity contribution in [3.05, 3.63) is 29.8 Å². The maximum atomic E-state index is 12.7. The van der Waals surface area contributed by atoms with E-state index in [-0.39, 0.29) is 28.9 Å². The van der Waals surface area contributed by atoms with Crippen LogP contribution in [0.5, 0.6) is 0 Å². The van der Waals surface area contributed by atoms with Gasteiger partial charge in [-0.3, -0.25) is 0 Å². The van der Waals surface area contributed by atoms with Crippen molar-refractivity contribution in [3.63, 3.8) is 0 Å². The third-order valence-electron chi connectivity index (χ3n) is 3.32. The number of ether oxygens (including phenoxy) is 1. The lowest BCUT2D eigenvalue weighted by molar-refractivity contribution is 0.0596. The fourth-order valence-electron chi connectivity index (χ4n) is 2.28. The Kier molecular flexibility index (Phi) is 6.15. The van der Waals surface area contributed by atoms with Gasteiger partial charge in [-0.05, 0) is 19.1 Å².